The lowest BCUT2D eigenvalue weighted by Crippen LogP contribution is -2.45. The maximum Gasteiger partial charge on any atom is 0.271 e. The lowest BCUT2D eigenvalue weighted by atomic mass is 10.2. The van der Waals surface area contributed by atoms with Gasteiger partial charge in [-0.3, -0.25) is 19.2 Å². The number of amides is 1. The van der Waals surface area contributed by atoms with E-state index < -0.39 is 26.9 Å². The van der Waals surface area contributed by atoms with Crippen molar-refractivity contribution >= 4 is 33.0 Å². The van der Waals surface area contributed by atoms with Crippen molar-refractivity contribution in [3.63, 3.8) is 0 Å². The van der Waals surface area contributed by atoms with Gasteiger partial charge in [0, 0.05) is 23.9 Å². The van der Waals surface area contributed by atoms with Gasteiger partial charge in [-0.05, 0) is 25.1 Å². The highest BCUT2D eigenvalue weighted by Crippen LogP contribution is 2.35. The Hall–Kier alpha value is -3.34. The van der Waals surface area contributed by atoms with Crippen molar-refractivity contribution in [3.8, 4) is 11.5 Å². The van der Waals surface area contributed by atoms with Crippen molar-refractivity contribution in [1.82, 2.24) is 0 Å². The molecule has 0 aliphatic carbocycles. The lowest BCUT2D eigenvalue weighted by molar-refractivity contribution is -0.384. The number of nitro benzene ring substituents is 1. The van der Waals surface area contributed by atoms with Gasteiger partial charge in [-0.2, -0.15) is 0 Å². The summed E-state index contributed by atoms with van der Waals surface area (Å²) in [6.45, 7) is 1.40. The Morgan fingerprint density at radius 2 is 1.86 bits per heavy atom. The number of hydrogen-bond donors (Lipinski definition) is 1. The third-order valence-corrected chi connectivity index (χ3v) is 5.26. The van der Waals surface area contributed by atoms with Crippen LogP contribution in [0, 0.1) is 10.1 Å². The lowest BCUT2D eigenvalue weighted by Gasteiger charge is -2.29. The third-order valence-electron chi connectivity index (χ3n) is 4.04. The van der Waals surface area contributed by atoms with E-state index in [1.54, 1.807) is 6.07 Å². The Kier molecular flexibility index (Phi) is 6.64. The van der Waals surface area contributed by atoms with Gasteiger partial charge >= 0.3 is 0 Å². The molecule has 1 N–H and O–H groups in total. The highest BCUT2D eigenvalue weighted by molar-refractivity contribution is 7.92. The van der Waals surface area contributed by atoms with Gasteiger partial charge in [-0.25, -0.2) is 8.42 Å². The predicted octanol–water partition coefficient (Wildman–Crippen LogP) is 2.41. The molecule has 156 valence electrons. The number of nitro groups is 1. The molecule has 0 aliphatic heterocycles. The van der Waals surface area contributed by atoms with Crippen LogP contribution in [0.4, 0.5) is 17.1 Å². The summed E-state index contributed by atoms with van der Waals surface area (Å²) >= 11 is 0. The highest BCUT2D eigenvalue weighted by atomic mass is 32.2. The molecule has 0 fully saturated rings. The molecule has 11 heteroatoms. The molecule has 2 rings (SSSR count). The Balaban J connectivity index is 2.42. The Morgan fingerprint density at radius 1 is 1.17 bits per heavy atom. The van der Waals surface area contributed by atoms with Crippen LogP contribution in [0.5, 0.6) is 11.5 Å². The van der Waals surface area contributed by atoms with Crippen molar-refractivity contribution in [2.24, 2.45) is 0 Å². The normalized spacial score (nSPS) is 12.0. The number of ether oxygens (including phenoxy) is 2. The molecule has 0 saturated carbocycles. The van der Waals surface area contributed by atoms with Crippen LogP contribution in [0.25, 0.3) is 0 Å². The second-order valence-corrected chi connectivity index (χ2v) is 7.93. The van der Waals surface area contributed by atoms with Crippen molar-refractivity contribution < 1.29 is 27.6 Å². The first-order chi connectivity index (χ1) is 13.6. The molecule has 2 aromatic rings. The number of rotatable bonds is 8. The number of benzene rings is 2. The molecule has 29 heavy (non-hydrogen) atoms. The molecule has 0 aromatic heterocycles. The molecular weight excluding hydrogens is 402 g/mol. The summed E-state index contributed by atoms with van der Waals surface area (Å²) in [5.41, 5.74) is 0.0861. The molecule has 2 aromatic carbocycles. The van der Waals surface area contributed by atoms with Crippen molar-refractivity contribution in [1.29, 1.82) is 0 Å². The summed E-state index contributed by atoms with van der Waals surface area (Å²) in [7, 11) is -1.10. The maximum atomic E-state index is 12.7. The molecular formula is C18H21N3O7S. The van der Waals surface area contributed by atoms with E-state index in [-0.39, 0.29) is 22.8 Å². The summed E-state index contributed by atoms with van der Waals surface area (Å²) < 4.78 is 36.3. The van der Waals surface area contributed by atoms with E-state index >= 15 is 0 Å². The van der Waals surface area contributed by atoms with Crippen LogP contribution in [-0.2, 0) is 14.8 Å². The molecule has 1 atom stereocenters. The fourth-order valence-electron chi connectivity index (χ4n) is 2.69. The van der Waals surface area contributed by atoms with Gasteiger partial charge in [0.2, 0.25) is 15.9 Å². The summed E-state index contributed by atoms with van der Waals surface area (Å²) in [4.78, 5) is 23.1. The molecule has 1 unspecified atom stereocenters. The quantitative estimate of drug-likeness (QED) is 0.510. The van der Waals surface area contributed by atoms with Crippen LogP contribution in [0.3, 0.4) is 0 Å². The Morgan fingerprint density at radius 3 is 2.41 bits per heavy atom. The summed E-state index contributed by atoms with van der Waals surface area (Å²) in [6, 6.07) is 8.72. The number of carbonyl (C=O) groups excluding carboxylic acids is 1. The van der Waals surface area contributed by atoms with Gasteiger partial charge in [0.1, 0.15) is 17.5 Å². The molecule has 0 saturated heterocycles. The minimum absolute atomic E-state index is 0.121. The number of hydrogen-bond acceptors (Lipinski definition) is 7. The van der Waals surface area contributed by atoms with E-state index in [0.29, 0.717) is 5.75 Å². The first kappa shape index (κ1) is 22.0. The summed E-state index contributed by atoms with van der Waals surface area (Å²) in [6.07, 6.45) is 0.961. The minimum atomic E-state index is -3.90. The van der Waals surface area contributed by atoms with Crippen molar-refractivity contribution in [2.45, 2.75) is 13.0 Å². The smallest absolute Gasteiger partial charge is 0.271 e. The topological polar surface area (TPSA) is 128 Å². The second kappa shape index (κ2) is 8.78. The average molecular weight is 423 g/mol. The maximum absolute atomic E-state index is 12.7. The molecule has 0 spiro atoms. The van der Waals surface area contributed by atoms with Crippen molar-refractivity contribution in [2.75, 3.05) is 30.1 Å². The molecule has 0 heterocycles. The second-order valence-electron chi connectivity index (χ2n) is 6.07. The van der Waals surface area contributed by atoms with Gasteiger partial charge in [-0.15, -0.1) is 0 Å². The average Bonchev–Trinajstić information content (AvgIpc) is 2.67. The molecule has 1 amide bonds. The van der Waals surface area contributed by atoms with E-state index in [9.17, 15) is 23.3 Å². The fourth-order valence-corrected chi connectivity index (χ4v) is 3.86. The van der Waals surface area contributed by atoms with Crippen LogP contribution in [0.1, 0.15) is 6.92 Å². The number of methoxy groups -OCH3 is 2. The number of non-ortho nitro benzene ring substituents is 1. The Labute approximate surface area is 168 Å². The van der Waals surface area contributed by atoms with E-state index in [0.717, 1.165) is 10.6 Å². The van der Waals surface area contributed by atoms with Crippen LogP contribution in [0.15, 0.2) is 42.5 Å². The van der Waals surface area contributed by atoms with Gasteiger partial charge in [-0.1, -0.05) is 6.07 Å². The van der Waals surface area contributed by atoms with E-state index in [4.69, 9.17) is 9.47 Å². The minimum Gasteiger partial charge on any atom is -0.497 e. The molecule has 0 aliphatic rings. The third kappa shape index (κ3) is 5.13. The van der Waals surface area contributed by atoms with E-state index in [1.165, 1.54) is 57.5 Å². The van der Waals surface area contributed by atoms with Gasteiger partial charge in [0.25, 0.3) is 5.69 Å². The Bertz CT molecular complexity index is 1020. The van der Waals surface area contributed by atoms with Crippen LogP contribution < -0.4 is 19.1 Å². The largest absolute Gasteiger partial charge is 0.497 e. The number of sulfonamides is 1. The summed E-state index contributed by atoms with van der Waals surface area (Å²) in [5.74, 6) is -0.0761. The van der Waals surface area contributed by atoms with Gasteiger partial charge in [0.05, 0.1) is 31.1 Å². The van der Waals surface area contributed by atoms with E-state index in [2.05, 4.69) is 5.32 Å². The summed E-state index contributed by atoms with van der Waals surface area (Å²) in [5, 5.41) is 13.4. The van der Waals surface area contributed by atoms with E-state index in [1.807, 2.05) is 0 Å². The first-order valence-electron chi connectivity index (χ1n) is 8.35. The number of carbonyl (C=O) groups is 1. The fraction of sp³-hybridized carbons (Fsp3) is 0.278. The van der Waals surface area contributed by atoms with Crippen molar-refractivity contribution in [3.05, 3.63) is 52.6 Å². The number of anilines is 2. The predicted molar refractivity (Wildman–Crippen MR) is 108 cm³/mol. The number of nitrogens with one attached hydrogen (secondary N) is 1. The van der Waals surface area contributed by atoms with Crippen LogP contribution >= 0.6 is 0 Å². The molecule has 10 nitrogen and oxygen atoms in total. The number of nitrogens with zero attached hydrogens (tertiary/aromatic N) is 2. The standard InChI is InChI=1S/C18H21N3O7S/c1-12(18(22)19-13-6-5-7-14(10-13)21(23)24)20(29(4,25)26)16-11-15(27-2)8-9-17(16)28-3/h5-12H,1-4H3,(H,19,22). The molecule has 0 bridgehead atoms. The monoisotopic (exact) mass is 423 g/mol. The zero-order chi connectivity index (χ0) is 21.8. The molecule has 0 radical (unpaired) electrons. The zero-order valence-electron chi connectivity index (χ0n) is 16.3. The first-order valence-corrected chi connectivity index (χ1v) is 10.2. The SMILES string of the molecule is COc1ccc(OC)c(N(C(C)C(=O)Nc2cccc([N+](=O)[O-])c2)S(C)(=O)=O)c1. The van der Waals surface area contributed by atoms with Crippen LogP contribution in [0.2, 0.25) is 0 Å². The highest BCUT2D eigenvalue weighted by Gasteiger charge is 2.32. The van der Waals surface area contributed by atoms with Gasteiger partial charge in [0.15, 0.2) is 0 Å². The van der Waals surface area contributed by atoms with Crippen LogP contribution in [-0.4, -0.2) is 45.8 Å². The van der Waals surface area contributed by atoms with Gasteiger partial charge < -0.3 is 14.8 Å². The zero-order valence-corrected chi connectivity index (χ0v) is 17.1.